The lowest BCUT2D eigenvalue weighted by atomic mass is 9.92. The Balaban J connectivity index is 1.46. The second kappa shape index (κ2) is 7.70. The molecule has 0 saturated carbocycles. The van der Waals surface area contributed by atoms with Crippen molar-refractivity contribution in [2.24, 2.45) is 0 Å². The van der Waals surface area contributed by atoms with E-state index in [1.807, 2.05) is 72.8 Å². The molecule has 6 aromatic carbocycles. The molecule has 0 atom stereocenters. The van der Waals surface area contributed by atoms with E-state index in [9.17, 15) is 0 Å². The van der Waals surface area contributed by atoms with Crippen LogP contribution in [0.1, 0.15) is 0 Å². The molecule has 0 spiro atoms. The SMILES string of the molecule is c1ccc(-c2nc(-c3ccccc3)nc(-c3ccc4ccc5ccc6cccc7c6c5c4c3O7)n2)cc1. The van der Waals surface area contributed by atoms with Crippen LogP contribution in [-0.2, 0) is 0 Å². The van der Waals surface area contributed by atoms with Gasteiger partial charge in [-0.05, 0) is 28.3 Å². The molecule has 0 radical (unpaired) electrons. The Morgan fingerprint density at radius 3 is 1.59 bits per heavy atom. The van der Waals surface area contributed by atoms with E-state index in [4.69, 9.17) is 19.7 Å². The highest BCUT2D eigenvalue weighted by atomic mass is 16.5. The summed E-state index contributed by atoms with van der Waals surface area (Å²) in [6.07, 6.45) is 0. The number of aromatic nitrogens is 3. The summed E-state index contributed by atoms with van der Waals surface area (Å²) < 4.78 is 6.66. The van der Waals surface area contributed by atoms with Gasteiger partial charge in [0.1, 0.15) is 11.5 Å². The van der Waals surface area contributed by atoms with E-state index in [1.165, 1.54) is 16.2 Å². The summed E-state index contributed by atoms with van der Waals surface area (Å²) in [5.74, 6) is 3.50. The van der Waals surface area contributed by atoms with E-state index >= 15 is 0 Å². The summed E-state index contributed by atoms with van der Waals surface area (Å²) in [5, 5.41) is 6.97. The summed E-state index contributed by atoms with van der Waals surface area (Å²) in [4.78, 5) is 14.8. The summed E-state index contributed by atoms with van der Waals surface area (Å²) in [6, 6.07) is 39.2. The molecule has 0 bridgehead atoms. The quantitative estimate of drug-likeness (QED) is 0.242. The molecule has 1 aliphatic rings. The first kappa shape index (κ1) is 20.1. The van der Waals surface area contributed by atoms with E-state index in [0.717, 1.165) is 44.3 Å². The zero-order valence-electron chi connectivity index (χ0n) is 19.7. The van der Waals surface area contributed by atoms with E-state index in [-0.39, 0.29) is 0 Å². The monoisotopic (exact) mass is 473 g/mol. The molecule has 4 heteroatoms. The Kier molecular flexibility index (Phi) is 4.19. The summed E-state index contributed by atoms with van der Waals surface area (Å²) in [5.41, 5.74) is 2.73. The molecule has 7 aromatic rings. The fourth-order valence-electron chi connectivity index (χ4n) is 5.35. The Labute approximate surface area is 212 Å². The van der Waals surface area contributed by atoms with Crippen LogP contribution >= 0.6 is 0 Å². The molecule has 1 aliphatic heterocycles. The predicted octanol–water partition coefficient (Wildman–Crippen LogP) is 8.44. The van der Waals surface area contributed by atoms with Crippen molar-refractivity contribution in [2.45, 2.75) is 0 Å². The molecule has 1 aromatic heterocycles. The second-order valence-corrected chi connectivity index (χ2v) is 9.26. The third-order valence-electron chi connectivity index (χ3n) is 7.07. The van der Waals surface area contributed by atoms with Crippen LogP contribution < -0.4 is 4.74 Å². The van der Waals surface area contributed by atoms with Crippen molar-refractivity contribution >= 4 is 32.3 Å². The molecule has 0 saturated heterocycles. The smallest absolute Gasteiger partial charge is 0.167 e. The zero-order valence-corrected chi connectivity index (χ0v) is 19.7. The minimum atomic E-state index is 0.591. The van der Waals surface area contributed by atoms with Crippen molar-refractivity contribution in [2.75, 3.05) is 0 Å². The van der Waals surface area contributed by atoms with Crippen molar-refractivity contribution in [3.63, 3.8) is 0 Å². The fraction of sp³-hybridized carbons (Fsp3) is 0. The third kappa shape index (κ3) is 3.06. The van der Waals surface area contributed by atoms with Crippen LogP contribution in [0.5, 0.6) is 11.5 Å². The number of nitrogens with zero attached hydrogens (tertiary/aromatic N) is 3. The largest absolute Gasteiger partial charge is 0.455 e. The van der Waals surface area contributed by atoms with Gasteiger partial charge in [0.2, 0.25) is 0 Å². The van der Waals surface area contributed by atoms with Crippen molar-refractivity contribution in [3.8, 4) is 45.7 Å². The number of benzene rings is 6. The van der Waals surface area contributed by atoms with Gasteiger partial charge in [-0.2, -0.15) is 0 Å². The van der Waals surface area contributed by atoms with Gasteiger partial charge in [0.05, 0.1) is 5.56 Å². The van der Waals surface area contributed by atoms with Gasteiger partial charge in [-0.3, -0.25) is 0 Å². The lowest BCUT2D eigenvalue weighted by Gasteiger charge is -2.22. The van der Waals surface area contributed by atoms with Crippen LogP contribution in [0.3, 0.4) is 0 Å². The van der Waals surface area contributed by atoms with Crippen molar-refractivity contribution in [3.05, 3.63) is 115 Å². The van der Waals surface area contributed by atoms with Gasteiger partial charge >= 0.3 is 0 Å². The normalized spacial score (nSPS) is 12.0. The van der Waals surface area contributed by atoms with E-state index in [1.54, 1.807) is 0 Å². The van der Waals surface area contributed by atoms with Crippen LogP contribution in [0.4, 0.5) is 0 Å². The number of rotatable bonds is 3. The summed E-state index contributed by atoms with van der Waals surface area (Å²) in [7, 11) is 0. The lowest BCUT2D eigenvalue weighted by molar-refractivity contribution is 0.494. The van der Waals surface area contributed by atoms with Crippen molar-refractivity contribution < 1.29 is 4.74 Å². The van der Waals surface area contributed by atoms with Gasteiger partial charge in [-0.25, -0.2) is 15.0 Å². The maximum absolute atomic E-state index is 6.66. The van der Waals surface area contributed by atoms with Crippen LogP contribution in [0, 0.1) is 0 Å². The lowest BCUT2D eigenvalue weighted by Crippen LogP contribution is -2.02. The number of ether oxygens (including phenoxy) is 1. The van der Waals surface area contributed by atoms with Crippen molar-refractivity contribution in [1.29, 1.82) is 0 Å². The maximum atomic E-state index is 6.66. The highest BCUT2D eigenvalue weighted by molar-refractivity contribution is 6.25. The standard InChI is InChI=1S/C33H19N3O/c1-3-8-23(9-4-1)31-34-32(24-10-5-2-6-11-24)36-33(35-31)25-19-18-22-17-16-21-15-14-20-12-7-13-26-27(20)28(21)29(22)30(25)37-26/h1-19H. The summed E-state index contributed by atoms with van der Waals surface area (Å²) in [6.45, 7) is 0. The summed E-state index contributed by atoms with van der Waals surface area (Å²) >= 11 is 0. The molecule has 37 heavy (non-hydrogen) atoms. The first-order chi connectivity index (χ1) is 18.3. The van der Waals surface area contributed by atoms with Gasteiger partial charge in [-0.15, -0.1) is 0 Å². The van der Waals surface area contributed by atoms with E-state index in [0.29, 0.717) is 17.5 Å². The van der Waals surface area contributed by atoms with E-state index in [2.05, 4.69) is 42.5 Å². The Morgan fingerprint density at radius 1 is 0.405 bits per heavy atom. The number of hydrogen-bond donors (Lipinski definition) is 0. The molecule has 0 fully saturated rings. The highest BCUT2D eigenvalue weighted by Gasteiger charge is 2.24. The average molecular weight is 474 g/mol. The van der Waals surface area contributed by atoms with Crippen LogP contribution in [-0.4, -0.2) is 15.0 Å². The van der Waals surface area contributed by atoms with Crippen LogP contribution in [0.25, 0.3) is 66.5 Å². The predicted molar refractivity (Wildman–Crippen MR) is 149 cm³/mol. The Bertz CT molecular complexity index is 1940. The molecule has 8 rings (SSSR count). The van der Waals surface area contributed by atoms with Gasteiger partial charge in [0, 0.05) is 27.3 Å². The van der Waals surface area contributed by atoms with Crippen LogP contribution in [0.15, 0.2) is 115 Å². The highest BCUT2D eigenvalue weighted by Crippen LogP contribution is 2.50. The first-order valence-corrected chi connectivity index (χ1v) is 12.3. The Hall–Kier alpha value is -5.09. The van der Waals surface area contributed by atoms with Gasteiger partial charge in [0.15, 0.2) is 17.5 Å². The second-order valence-electron chi connectivity index (χ2n) is 9.26. The molecule has 2 heterocycles. The fourth-order valence-corrected chi connectivity index (χ4v) is 5.35. The zero-order chi connectivity index (χ0) is 24.3. The molecule has 0 N–H and O–H groups in total. The minimum absolute atomic E-state index is 0.591. The van der Waals surface area contributed by atoms with E-state index < -0.39 is 0 Å². The molecule has 0 amide bonds. The van der Waals surface area contributed by atoms with Gasteiger partial charge in [-0.1, -0.05) is 103 Å². The van der Waals surface area contributed by atoms with Gasteiger partial charge in [0.25, 0.3) is 0 Å². The molecular weight excluding hydrogens is 454 g/mol. The van der Waals surface area contributed by atoms with Gasteiger partial charge < -0.3 is 4.74 Å². The topological polar surface area (TPSA) is 47.9 Å². The third-order valence-corrected chi connectivity index (χ3v) is 7.07. The number of hydrogen-bond acceptors (Lipinski definition) is 4. The molecule has 0 unspecified atom stereocenters. The molecule has 4 nitrogen and oxygen atoms in total. The minimum Gasteiger partial charge on any atom is -0.455 e. The first-order valence-electron chi connectivity index (χ1n) is 12.3. The molecule has 172 valence electrons. The van der Waals surface area contributed by atoms with Crippen molar-refractivity contribution in [1.82, 2.24) is 15.0 Å². The molecule has 0 aliphatic carbocycles. The molecular formula is C33H19N3O. The average Bonchev–Trinajstić information content (AvgIpc) is 2.98. The Morgan fingerprint density at radius 2 is 0.946 bits per heavy atom. The van der Waals surface area contributed by atoms with Crippen LogP contribution in [0.2, 0.25) is 0 Å². The maximum Gasteiger partial charge on any atom is 0.167 e.